The first-order chi connectivity index (χ1) is 10.2. The van der Waals surface area contributed by atoms with Gasteiger partial charge in [-0.25, -0.2) is 0 Å². The Kier molecular flexibility index (Phi) is 5.49. The second kappa shape index (κ2) is 7.35. The molecule has 1 aliphatic rings. The smallest absolute Gasteiger partial charge is 0.119 e. The van der Waals surface area contributed by atoms with Crippen LogP contribution < -0.4 is 9.64 Å². The van der Waals surface area contributed by atoms with Crippen LogP contribution in [-0.2, 0) is 0 Å². The molecule has 0 aromatic heterocycles. The van der Waals surface area contributed by atoms with E-state index in [1.807, 2.05) is 12.1 Å². The minimum Gasteiger partial charge on any atom is -0.497 e. The summed E-state index contributed by atoms with van der Waals surface area (Å²) in [6, 6.07) is 8.89. The highest BCUT2D eigenvalue weighted by atomic mass is 16.5. The zero-order valence-electron chi connectivity index (χ0n) is 13.7. The normalized spacial score (nSPS) is 18.3. The first-order valence-corrected chi connectivity index (χ1v) is 8.07. The van der Waals surface area contributed by atoms with Crippen LogP contribution in [-0.4, -0.2) is 13.2 Å². The van der Waals surface area contributed by atoms with Gasteiger partial charge in [0.1, 0.15) is 5.75 Å². The average Bonchev–Trinajstić information content (AvgIpc) is 2.55. The Morgan fingerprint density at radius 3 is 2.29 bits per heavy atom. The standard InChI is InChI=1S/C19H27NO/c1-5-8-19-16(7-3)13-15(6-2)14-20(19)17-9-11-18(21-4)12-10-17/h9-14,19H,5-8H2,1-4H3. The van der Waals surface area contributed by atoms with Gasteiger partial charge in [-0.05, 0) is 54.7 Å². The Hall–Kier alpha value is -1.70. The van der Waals surface area contributed by atoms with Crippen LogP contribution in [0.2, 0.25) is 0 Å². The zero-order chi connectivity index (χ0) is 15.2. The summed E-state index contributed by atoms with van der Waals surface area (Å²) in [5.41, 5.74) is 4.21. The Balaban J connectivity index is 2.36. The Bertz CT molecular complexity index is 513. The van der Waals surface area contributed by atoms with E-state index in [4.69, 9.17) is 4.74 Å². The minimum absolute atomic E-state index is 0.490. The van der Waals surface area contributed by atoms with Crippen LogP contribution in [0.25, 0.3) is 0 Å². The van der Waals surface area contributed by atoms with Gasteiger partial charge in [-0.3, -0.25) is 0 Å². The molecule has 0 aliphatic carbocycles. The van der Waals surface area contributed by atoms with E-state index in [9.17, 15) is 0 Å². The molecule has 2 heteroatoms. The summed E-state index contributed by atoms with van der Waals surface area (Å²) < 4.78 is 5.27. The second-order valence-corrected chi connectivity index (χ2v) is 5.54. The molecular formula is C19H27NO. The maximum absolute atomic E-state index is 5.27. The maximum atomic E-state index is 5.27. The van der Waals surface area contributed by atoms with Gasteiger partial charge in [0.2, 0.25) is 0 Å². The van der Waals surface area contributed by atoms with Crippen molar-refractivity contribution in [2.24, 2.45) is 0 Å². The van der Waals surface area contributed by atoms with Gasteiger partial charge in [0.05, 0.1) is 13.2 Å². The molecule has 1 aliphatic heterocycles. The van der Waals surface area contributed by atoms with Crippen molar-refractivity contribution in [2.75, 3.05) is 12.0 Å². The Labute approximate surface area is 129 Å². The van der Waals surface area contributed by atoms with Crippen molar-refractivity contribution in [3.8, 4) is 5.75 Å². The summed E-state index contributed by atoms with van der Waals surface area (Å²) in [6.07, 6.45) is 9.31. The van der Waals surface area contributed by atoms with E-state index in [0.29, 0.717) is 6.04 Å². The molecule has 0 saturated carbocycles. The van der Waals surface area contributed by atoms with E-state index in [1.54, 1.807) is 12.7 Å². The molecule has 21 heavy (non-hydrogen) atoms. The van der Waals surface area contributed by atoms with Gasteiger partial charge in [-0.15, -0.1) is 0 Å². The van der Waals surface area contributed by atoms with Crippen LogP contribution in [0.3, 0.4) is 0 Å². The molecule has 1 aromatic rings. The fourth-order valence-corrected chi connectivity index (χ4v) is 2.96. The number of nitrogens with zero attached hydrogens (tertiary/aromatic N) is 1. The van der Waals surface area contributed by atoms with Gasteiger partial charge in [0, 0.05) is 11.9 Å². The first-order valence-electron chi connectivity index (χ1n) is 8.07. The molecule has 0 bridgehead atoms. The highest BCUT2D eigenvalue weighted by Crippen LogP contribution is 2.32. The van der Waals surface area contributed by atoms with Crippen molar-refractivity contribution in [2.45, 2.75) is 52.5 Å². The van der Waals surface area contributed by atoms with Gasteiger partial charge in [0.25, 0.3) is 0 Å². The molecule has 1 unspecified atom stereocenters. The number of anilines is 1. The van der Waals surface area contributed by atoms with Crippen molar-refractivity contribution in [1.82, 2.24) is 0 Å². The summed E-state index contributed by atoms with van der Waals surface area (Å²) in [4.78, 5) is 2.45. The van der Waals surface area contributed by atoms with Gasteiger partial charge in [-0.2, -0.15) is 0 Å². The van der Waals surface area contributed by atoms with E-state index in [1.165, 1.54) is 24.1 Å². The molecule has 1 aromatic carbocycles. The van der Waals surface area contributed by atoms with E-state index < -0.39 is 0 Å². The molecule has 0 saturated heterocycles. The lowest BCUT2D eigenvalue weighted by Gasteiger charge is -2.36. The lowest BCUT2D eigenvalue weighted by atomic mass is 9.92. The highest BCUT2D eigenvalue weighted by Gasteiger charge is 2.23. The quantitative estimate of drug-likeness (QED) is 0.702. The fraction of sp³-hybridized carbons (Fsp3) is 0.474. The van der Waals surface area contributed by atoms with Gasteiger partial charge in [-0.1, -0.05) is 33.3 Å². The predicted molar refractivity (Wildman–Crippen MR) is 90.9 cm³/mol. The van der Waals surface area contributed by atoms with Crippen molar-refractivity contribution in [1.29, 1.82) is 0 Å². The Morgan fingerprint density at radius 2 is 1.76 bits per heavy atom. The number of ether oxygens (including phenoxy) is 1. The molecule has 2 nitrogen and oxygen atoms in total. The van der Waals surface area contributed by atoms with E-state index in [0.717, 1.165) is 18.6 Å². The lowest BCUT2D eigenvalue weighted by molar-refractivity contribution is 0.415. The number of rotatable bonds is 6. The second-order valence-electron chi connectivity index (χ2n) is 5.54. The van der Waals surface area contributed by atoms with E-state index >= 15 is 0 Å². The molecule has 0 fully saturated rings. The summed E-state index contributed by atoms with van der Waals surface area (Å²) in [5.74, 6) is 0.911. The molecule has 0 N–H and O–H groups in total. The molecule has 2 rings (SSSR count). The Morgan fingerprint density at radius 1 is 1.05 bits per heavy atom. The molecule has 1 atom stereocenters. The minimum atomic E-state index is 0.490. The zero-order valence-corrected chi connectivity index (χ0v) is 13.7. The number of benzene rings is 1. The van der Waals surface area contributed by atoms with Gasteiger partial charge in [0.15, 0.2) is 0 Å². The number of hydrogen-bond acceptors (Lipinski definition) is 2. The van der Waals surface area contributed by atoms with Crippen molar-refractivity contribution in [3.05, 3.63) is 47.7 Å². The SMILES string of the molecule is CCCC1C(CC)=CC(CC)=CN1c1ccc(OC)cc1. The highest BCUT2D eigenvalue weighted by molar-refractivity contribution is 5.57. The monoisotopic (exact) mass is 285 g/mol. The summed E-state index contributed by atoms with van der Waals surface area (Å²) in [5, 5.41) is 0. The fourth-order valence-electron chi connectivity index (χ4n) is 2.96. The van der Waals surface area contributed by atoms with Crippen LogP contribution in [0, 0.1) is 0 Å². The molecule has 1 heterocycles. The summed E-state index contributed by atoms with van der Waals surface area (Å²) in [6.45, 7) is 6.75. The van der Waals surface area contributed by atoms with Crippen LogP contribution in [0.4, 0.5) is 5.69 Å². The molecule has 0 spiro atoms. The summed E-state index contributed by atoms with van der Waals surface area (Å²) in [7, 11) is 1.71. The number of hydrogen-bond donors (Lipinski definition) is 0. The largest absolute Gasteiger partial charge is 0.497 e. The van der Waals surface area contributed by atoms with Gasteiger partial charge < -0.3 is 9.64 Å². The lowest BCUT2D eigenvalue weighted by Crippen LogP contribution is -2.35. The van der Waals surface area contributed by atoms with Crippen molar-refractivity contribution < 1.29 is 4.74 Å². The van der Waals surface area contributed by atoms with Gasteiger partial charge >= 0.3 is 0 Å². The number of methoxy groups -OCH3 is 1. The van der Waals surface area contributed by atoms with Crippen molar-refractivity contribution >= 4 is 5.69 Å². The average molecular weight is 285 g/mol. The topological polar surface area (TPSA) is 12.5 Å². The first kappa shape index (κ1) is 15.7. The van der Waals surface area contributed by atoms with Crippen molar-refractivity contribution in [3.63, 3.8) is 0 Å². The van der Waals surface area contributed by atoms with Crippen LogP contribution >= 0.6 is 0 Å². The predicted octanol–water partition coefficient (Wildman–Crippen LogP) is 5.31. The summed E-state index contributed by atoms with van der Waals surface area (Å²) >= 11 is 0. The number of allylic oxidation sites excluding steroid dienone is 2. The van der Waals surface area contributed by atoms with E-state index in [2.05, 4.69) is 50.1 Å². The van der Waals surface area contributed by atoms with E-state index in [-0.39, 0.29) is 0 Å². The molecule has 114 valence electrons. The third-order valence-electron chi connectivity index (χ3n) is 4.19. The molecule has 0 radical (unpaired) electrons. The molecular weight excluding hydrogens is 258 g/mol. The van der Waals surface area contributed by atoms with Crippen LogP contribution in [0.5, 0.6) is 5.75 Å². The molecule has 0 amide bonds. The third-order valence-corrected chi connectivity index (χ3v) is 4.19. The van der Waals surface area contributed by atoms with Crippen LogP contribution in [0.15, 0.2) is 47.7 Å². The van der Waals surface area contributed by atoms with Crippen LogP contribution in [0.1, 0.15) is 46.5 Å². The maximum Gasteiger partial charge on any atom is 0.119 e. The third kappa shape index (κ3) is 3.49.